The number of H-pyrrole nitrogens is 1. The highest BCUT2D eigenvalue weighted by atomic mass is 14.7. The second-order valence-corrected chi connectivity index (χ2v) is 5.46. The summed E-state index contributed by atoms with van der Waals surface area (Å²) in [6.07, 6.45) is 4.32. The van der Waals surface area contributed by atoms with Gasteiger partial charge in [0.25, 0.3) is 0 Å². The molecule has 0 aliphatic rings. The molecule has 3 rings (SSSR count). The number of rotatable bonds is 2. The lowest BCUT2D eigenvalue weighted by Gasteiger charge is -1.95. The molecule has 0 aliphatic heterocycles. The SMILES string of the molecule is Cc1ccc(/C=C/c2[nH]c3cc(C)ccc3c2C)cc1. The van der Waals surface area contributed by atoms with Gasteiger partial charge in [0.05, 0.1) is 0 Å². The molecule has 0 saturated carbocycles. The highest BCUT2D eigenvalue weighted by Gasteiger charge is 2.04. The lowest BCUT2D eigenvalue weighted by molar-refractivity contribution is 1.37. The minimum atomic E-state index is 1.19. The van der Waals surface area contributed by atoms with E-state index in [1.165, 1.54) is 38.9 Å². The second kappa shape index (κ2) is 5.01. The first-order valence-corrected chi connectivity index (χ1v) is 6.97. The van der Waals surface area contributed by atoms with Crippen LogP contribution in [0.4, 0.5) is 0 Å². The Morgan fingerprint density at radius 1 is 0.800 bits per heavy atom. The Balaban J connectivity index is 1.98. The zero-order valence-electron chi connectivity index (χ0n) is 12.2. The highest BCUT2D eigenvalue weighted by molar-refractivity contribution is 5.88. The molecule has 20 heavy (non-hydrogen) atoms. The van der Waals surface area contributed by atoms with Crippen molar-refractivity contribution in [3.8, 4) is 0 Å². The molecule has 0 atom stereocenters. The van der Waals surface area contributed by atoms with Crippen LogP contribution in [0.15, 0.2) is 42.5 Å². The normalized spacial score (nSPS) is 11.6. The fourth-order valence-electron chi connectivity index (χ4n) is 2.50. The van der Waals surface area contributed by atoms with E-state index in [-0.39, 0.29) is 0 Å². The quantitative estimate of drug-likeness (QED) is 0.647. The third-order valence-electron chi connectivity index (χ3n) is 3.77. The number of fused-ring (bicyclic) bond motifs is 1. The van der Waals surface area contributed by atoms with E-state index >= 15 is 0 Å². The summed E-state index contributed by atoms with van der Waals surface area (Å²) in [5, 5.41) is 1.30. The van der Waals surface area contributed by atoms with E-state index in [1.54, 1.807) is 0 Å². The number of hydrogen-bond donors (Lipinski definition) is 1. The Kier molecular flexibility index (Phi) is 3.19. The van der Waals surface area contributed by atoms with Crippen LogP contribution in [0.2, 0.25) is 0 Å². The molecule has 3 aromatic rings. The molecule has 0 spiro atoms. The van der Waals surface area contributed by atoms with Gasteiger partial charge in [0, 0.05) is 16.6 Å². The fraction of sp³-hybridized carbons (Fsp3) is 0.158. The van der Waals surface area contributed by atoms with Crippen molar-refractivity contribution in [2.45, 2.75) is 20.8 Å². The predicted octanol–water partition coefficient (Wildman–Crippen LogP) is 5.26. The lowest BCUT2D eigenvalue weighted by atomic mass is 10.1. The average molecular weight is 261 g/mol. The van der Waals surface area contributed by atoms with Crippen LogP contribution in [0.3, 0.4) is 0 Å². The van der Waals surface area contributed by atoms with Gasteiger partial charge in [0.2, 0.25) is 0 Å². The van der Waals surface area contributed by atoms with Gasteiger partial charge in [-0.1, -0.05) is 48.0 Å². The lowest BCUT2D eigenvalue weighted by Crippen LogP contribution is -1.76. The van der Waals surface area contributed by atoms with E-state index in [0.717, 1.165) is 0 Å². The standard InChI is InChI=1S/C19H19N/c1-13-4-7-16(8-5-13)9-11-18-15(3)17-10-6-14(2)12-19(17)20-18/h4-12,20H,1-3H3/b11-9+. The van der Waals surface area contributed by atoms with Gasteiger partial charge >= 0.3 is 0 Å². The van der Waals surface area contributed by atoms with E-state index in [0.29, 0.717) is 0 Å². The van der Waals surface area contributed by atoms with Crippen molar-refractivity contribution in [1.29, 1.82) is 0 Å². The summed E-state index contributed by atoms with van der Waals surface area (Å²) in [6, 6.07) is 15.1. The van der Waals surface area contributed by atoms with Crippen molar-refractivity contribution in [3.05, 3.63) is 70.4 Å². The van der Waals surface area contributed by atoms with Crippen LogP contribution in [-0.4, -0.2) is 4.98 Å². The second-order valence-electron chi connectivity index (χ2n) is 5.46. The smallest absolute Gasteiger partial charge is 0.0464 e. The van der Waals surface area contributed by atoms with Crippen molar-refractivity contribution in [1.82, 2.24) is 4.98 Å². The summed E-state index contributed by atoms with van der Waals surface area (Å²) in [7, 11) is 0. The topological polar surface area (TPSA) is 15.8 Å². The largest absolute Gasteiger partial charge is 0.355 e. The molecule has 1 heteroatoms. The summed E-state index contributed by atoms with van der Waals surface area (Å²) in [4.78, 5) is 3.50. The van der Waals surface area contributed by atoms with Crippen molar-refractivity contribution < 1.29 is 0 Å². The van der Waals surface area contributed by atoms with Crippen molar-refractivity contribution >= 4 is 23.1 Å². The first kappa shape index (κ1) is 12.7. The maximum Gasteiger partial charge on any atom is 0.0464 e. The summed E-state index contributed by atoms with van der Waals surface area (Å²) in [5.74, 6) is 0. The molecule has 0 saturated heterocycles. The minimum absolute atomic E-state index is 1.19. The first-order valence-electron chi connectivity index (χ1n) is 6.97. The number of benzene rings is 2. The maximum absolute atomic E-state index is 3.50. The van der Waals surface area contributed by atoms with Gasteiger partial charge in [-0.15, -0.1) is 0 Å². The van der Waals surface area contributed by atoms with Crippen LogP contribution in [0.5, 0.6) is 0 Å². The molecule has 0 amide bonds. The van der Waals surface area contributed by atoms with E-state index in [4.69, 9.17) is 0 Å². The Bertz CT molecular complexity index is 773. The van der Waals surface area contributed by atoms with E-state index in [9.17, 15) is 0 Å². The van der Waals surface area contributed by atoms with Gasteiger partial charge in [0.1, 0.15) is 0 Å². The fourth-order valence-corrected chi connectivity index (χ4v) is 2.50. The van der Waals surface area contributed by atoms with Gasteiger partial charge in [-0.25, -0.2) is 0 Å². The van der Waals surface area contributed by atoms with Crippen molar-refractivity contribution in [2.75, 3.05) is 0 Å². The van der Waals surface area contributed by atoms with E-state index in [1.807, 2.05) is 0 Å². The van der Waals surface area contributed by atoms with Crippen LogP contribution in [0, 0.1) is 20.8 Å². The minimum Gasteiger partial charge on any atom is -0.355 e. The summed E-state index contributed by atoms with van der Waals surface area (Å²) in [6.45, 7) is 6.40. The van der Waals surface area contributed by atoms with Gasteiger partial charge in [-0.2, -0.15) is 0 Å². The van der Waals surface area contributed by atoms with Crippen LogP contribution in [0.1, 0.15) is 27.9 Å². The third kappa shape index (κ3) is 2.39. The van der Waals surface area contributed by atoms with Gasteiger partial charge < -0.3 is 4.98 Å². The molecule has 2 aromatic carbocycles. The monoisotopic (exact) mass is 261 g/mol. The number of aryl methyl sites for hydroxylation is 3. The van der Waals surface area contributed by atoms with Crippen LogP contribution < -0.4 is 0 Å². The van der Waals surface area contributed by atoms with Crippen LogP contribution in [-0.2, 0) is 0 Å². The van der Waals surface area contributed by atoms with Gasteiger partial charge in [0.15, 0.2) is 0 Å². The third-order valence-corrected chi connectivity index (χ3v) is 3.77. The molecule has 1 aromatic heterocycles. The summed E-state index contributed by atoms with van der Waals surface area (Å²) in [5.41, 5.74) is 7.51. The molecule has 0 fully saturated rings. The Morgan fingerprint density at radius 3 is 2.25 bits per heavy atom. The zero-order chi connectivity index (χ0) is 14.1. The maximum atomic E-state index is 3.50. The molecule has 0 unspecified atom stereocenters. The van der Waals surface area contributed by atoms with E-state index in [2.05, 4.69) is 80.4 Å². The van der Waals surface area contributed by atoms with Crippen molar-refractivity contribution in [2.24, 2.45) is 0 Å². The number of aromatic nitrogens is 1. The molecule has 0 radical (unpaired) electrons. The van der Waals surface area contributed by atoms with Crippen LogP contribution >= 0.6 is 0 Å². The Labute approximate surface area is 120 Å². The van der Waals surface area contributed by atoms with E-state index < -0.39 is 0 Å². The molecular weight excluding hydrogens is 242 g/mol. The molecule has 100 valence electrons. The first-order chi connectivity index (χ1) is 9.63. The zero-order valence-corrected chi connectivity index (χ0v) is 12.2. The summed E-state index contributed by atoms with van der Waals surface area (Å²) >= 11 is 0. The van der Waals surface area contributed by atoms with Crippen molar-refractivity contribution in [3.63, 3.8) is 0 Å². The number of aromatic amines is 1. The van der Waals surface area contributed by atoms with Crippen LogP contribution in [0.25, 0.3) is 23.1 Å². The number of hydrogen-bond acceptors (Lipinski definition) is 0. The Hall–Kier alpha value is -2.28. The molecule has 0 aliphatic carbocycles. The van der Waals surface area contributed by atoms with Gasteiger partial charge in [-0.05, 0) is 49.6 Å². The number of nitrogens with one attached hydrogen (secondary N) is 1. The molecule has 0 bridgehead atoms. The predicted molar refractivity (Wildman–Crippen MR) is 87.9 cm³/mol. The molecular formula is C19H19N. The average Bonchev–Trinajstić information content (AvgIpc) is 2.74. The highest BCUT2D eigenvalue weighted by Crippen LogP contribution is 2.24. The summed E-state index contributed by atoms with van der Waals surface area (Å²) < 4.78 is 0. The Morgan fingerprint density at radius 2 is 1.50 bits per heavy atom. The van der Waals surface area contributed by atoms with Gasteiger partial charge in [-0.3, -0.25) is 0 Å². The molecule has 1 N–H and O–H groups in total. The molecule has 1 nitrogen and oxygen atoms in total. The molecule has 1 heterocycles.